The van der Waals surface area contributed by atoms with E-state index in [1.165, 1.54) is 18.2 Å². The van der Waals surface area contributed by atoms with E-state index in [-0.39, 0.29) is 16.7 Å². The third kappa shape index (κ3) is 5.13. The molecular formula is C41H37N5OS. The summed E-state index contributed by atoms with van der Waals surface area (Å²) in [5.74, 6) is 0.540. The third-order valence-corrected chi connectivity index (χ3v) is 11.8. The van der Waals surface area contributed by atoms with Gasteiger partial charge in [-0.25, -0.2) is 4.68 Å². The second-order valence-electron chi connectivity index (χ2n) is 13.7. The molecule has 2 aliphatic carbocycles. The summed E-state index contributed by atoms with van der Waals surface area (Å²) >= 11 is 1.38. The number of fused-ring (bicyclic) bond motifs is 2. The molecule has 1 saturated heterocycles. The molecule has 0 radical (unpaired) electrons. The molecule has 2 atom stereocenters. The zero-order valence-electron chi connectivity index (χ0n) is 27.4. The van der Waals surface area contributed by atoms with Gasteiger partial charge in [-0.1, -0.05) is 112 Å². The standard InChI is InChI=1S/C41H37N5OS/c1-40(2)31-23-24-41(40,3)37(26-31)42-43-39-45(32-17-11-6-12-18-32)38(47)36(48-39)25-28-19-21-33(22-20-28)46-35(30-15-9-5-10-16-30)27-34(44-46)29-13-7-4-8-14-29/h4-22,25,27,31H,23-24,26H2,1-3H3. The molecule has 238 valence electrons. The lowest BCUT2D eigenvalue weighted by molar-refractivity contribution is -0.113. The van der Waals surface area contributed by atoms with Gasteiger partial charge in [0.15, 0.2) is 0 Å². The van der Waals surface area contributed by atoms with Crippen molar-refractivity contribution in [3.8, 4) is 28.2 Å². The lowest BCUT2D eigenvalue weighted by Gasteiger charge is -2.34. The first-order valence-electron chi connectivity index (χ1n) is 16.6. The number of amides is 1. The Morgan fingerprint density at radius 2 is 1.44 bits per heavy atom. The molecule has 3 aliphatic rings. The van der Waals surface area contributed by atoms with Crippen LogP contribution in [0, 0.1) is 16.7 Å². The Morgan fingerprint density at radius 1 is 0.792 bits per heavy atom. The number of carbonyl (C=O) groups is 1. The molecule has 7 heteroatoms. The first kappa shape index (κ1) is 30.3. The van der Waals surface area contributed by atoms with Gasteiger partial charge in [-0.15, -0.1) is 5.10 Å². The van der Waals surface area contributed by atoms with Crippen LogP contribution in [0.2, 0.25) is 0 Å². The maximum absolute atomic E-state index is 13.9. The molecule has 3 fully saturated rings. The fraction of sp³-hybridized carbons (Fsp3) is 0.220. The molecule has 2 saturated carbocycles. The smallest absolute Gasteiger partial charge is 0.268 e. The van der Waals surface area contributed by atoms with E-state index in [2.05, 4.69) is 63.2 Å². The van der Waals surface area contributed by atoms with E-state index in [4.69, 9.17) is 15.3 Å². The highest BCUT2D eigenvalue weighted by atomic mass is 32.2. The number of nitrogens with zero attached hydrogens (tertiary/aromatic N) is 5. The normalized spacial score (nSPS) is 24.0. The van der Waals surface area contributed by atoms with Crippen LogP contribution in [0.15, 0.2) is 136 Å². The summed E-state index contributed by atoms with van der Waals surface area (Å²) < 4.78 is 1.99. The van der Waals surface area contributed by atoms with Crippen LogP contribution in [-0.2, 0) is 4.79 Å². The zero-order chi connectivity index (χ0) is 32.9. The molecule has 2 bridgehead atoms. The van der Waals surface area contributed by atoms with Crippen LogP contribution in [0.4, 0.5) is 5.69 Å². The van der Waals surface area contributed by atoms with Gasteiger partial charge in [0.1, 0.15) is 0 Å². The molecule has 0 N–H and O–H groups in total. The average Bonchev–Trinajstić information content (AvgIpc) is 3.81. The van der Waals surface area contributed by atoms with Gasteiger partial charge >= 0.3 is 0 Å². The summed E-state index contributed by atoms with van der Waals surface area (Å²) in [6, 6.07) is 40.6. The van der Waals surface area contributed by atoms with Crippen LogP contribution in [0.25, 0.3) is 34.3 Å². The second-order valence-corrected chi connectivity index (χ2v) is 14.7. The van der Waals surface area contributed by atoms with Gasteiger partial charge in [-0.3, -0.25) is 9.69 Å². The molecule has 1 aromatic heterocycles. The van der Waals surface area contributed by atoms with E-state index in [9.17, 15) is 4.79 Å². The number of rotatable bonds is 6. The van der Waals surface area contributed by atoms with Crippen LogP contribution in [0.1, 0.15) is 45.6 Å². The Labute approximate surface area is 285 Å². The van der Waals surface area contributed by atoms with Crippen LogP contribution < -0.4 is 4.90 Å². The number of benzene rings is 4. The number of aromatic nitrogens is 2. The molecule has 4 aromatic carbocycles. The minimum absolute atomic E-state index is 0.0454. The van der Waals surface area contributed by atoms with Crippen LogP contribution >= 0.6 is 11.8 Å². The average molecular weight is 648 g/mol. The molecule has 1 amide bonds. The predicted molar refractivity (Wildman–Crippen MR) is 198 cm³/mol. The van der Waals surface area contributed by atoms with E-state index >= 15 is 0 Å². The predicted octanol–water partition coefficient (Wildman–Crippen LogP) is 9.89. The van der Waals surface area contributed by atoms with Crippen LogP contribution in [0.5, 0.6) is 0 Å². The SMILES string of the molecule is CC12CCC(CC1=NN=C1SC(=Cc3ccc(-n4nc(-c5ccccc5)cc4-c4ccccc4)cc3)C(=O)N1c1ccccc1)C2(C)C. The first-order valence-corrected chi connectivity index (χ1v) is 17.4. The van der Waals surface area contributed by atoms with Gasteiger partial charge < -0.3 is 0 Å². The molecule has 5 aromatic rings. The van der Waals surface area contributed by atoms with Crippen molar-refractivity contribution in [1.82, 2.24) is 9.78 Å². The fourth-order valence-corrected chi connectivity index (χ4v) is 8.47. The van der Waals surface area contributed by atoms with E-state index < -0.39 is 0 Å². The number of para-hydroxylation sites is 1. The maximum atomic E-state index is 13.9. The Hall–Kier alpha value is -5.01. The maximum Gasteiger partial charge on any atom is 0.271 e. The van der Waals surface area contributed by atoms with Gasteiger partial charge in [-0.2, -0.15) is 10.2 Å². The van der Waals surface area contributed by atoms with Gasteiger partial charge in [-0.05, 0) is 84.3 Å². The Bertz CT molecular complexity index is 2080. The molecule has 0 spiro atoms. The lowest BCUT2D eigenvalue weighted by atomic mass is 9.70. The minimum Gasteiger partial charge on any atom is -0.268 e. The summed E-state index contributed by atoms with van der Waals surface area (Å²) in [7, 11) is 0. The molecule has 2 heterocycles. The highest BCUT2D eigenvalue weighted by Gasteiger charge is 2.60. The van der Waals surface area contributed by atoms with Crippen molar-refractivity contribution >= 4 is 40.3 Å². The molecular weight excluding hydrogens is 611 g/mol. The van der Waals surface area contributed by atoms with Gasteiger partial charge in [0.25, 0.3) is 5.91 Å². The summed E-state index contributed by atoms with van der Waals surface area (Å²) in [5, 5.41) is 15.2. The molecule has 1 aliphatic heterocycles. The lowest BCUT2D eigenvalue weighted by Crippen LogP contribution is -2.32. The molecule has 8 rings (SSSR count). The number of carbonyl (C=O) groups excluding carboxylic acids is 1. The van der Waals surface area contributed by atoms with Crippen molar-refractivity contribution in [1.29, 1.82) is 0 Å². The Kier molecular flexibility index (Phi) is 7.52. The van der Waals surface area contributed by atoms with Gasteiger partial charge in [0.2, 0.25) is 5.17 Å². The minimum atomic E-state index is -0.0975. The molecule has 2 unspecified atom stereocenters. The molecule has 48 heavy (non-hydrogen) atoms. The van der Waals surface area contributed by atoms with Crippen molar-refractivity contribution in [3.05, 3.63) is 132 Å². The van der Waals surface area contributed by atoms with Crippen LogP contribution in [-0.4, -0.2) is 26.6 Å². The number of thioether (sulfide) groups is 1. The van der Waals surface area contributed by atoms with Gasteiger partial charge in [0.05, 0.1) is 27.7 Å². The fourth-order valence-electron chi connectivity index (χ4n) is 7.53. The van der Waals surface area contributed by atoms with E-state index in [1.807, 2.05) is 89.6 Å². The molecule has 6 nitrogen and oxygen atoms in total. The van der Waals surface area contributed by atoms with E-state index in [0.29, 0.717) is 16.0 Å². The number of amidine groups is 1. The summed E-state index contributed by atoms with van der Waals surface area (Å²) in [5.41, 5.74) is 8.14. The van der Waals surface area contributed by atoms with Crippen LogP contribution in [0.3, 0.4) is 0 Å². The number of hydrogen-bond acceptors (Lipinski definition) is 5. The monoisotopic (exact) mass is 647 g/mol. The van der Waals surface area contributed by atoms with E-state index in [1.54, 1.807) is 4.90 Å². The quantitative estimate of drug-likeness (QED) is 0.136. The first-order chi connectivity index (χ1) is 23.3. The largest absolute Gasteiger partial charge is 0.271 e. The van der Waals surface area contributed by atoms with Crippen molar-refractivity contribution in [3.63, 3.8) is 0 Å². The number of anilines is 1. The van der Waals surface area contributed by atoms with Crippen molar-refractivity contribution in [2.45, 2.75) is 40.0 Å². The Balaban J connectivity index is 1.12. The number of hydrogen-bond donors (Lipinski definition) is 0. The summed E-state index contributed by atoms with van der Waals surface area (Å²) in [6.45, 7) is 7.08. The Morgan fingerprint density at radius 3 is 2.06 bits per heavy atom. The van der Waals surface area contributed by atoms with E-state index in [0.717, 1.165) is 58.0 Å². The van der Waals surface area contributed by atoms with Crippen molar-refractivity contribution < 1.29 is 4.79 Å². The summed E-state index contributed by atoms with van der Waals surface area (Å²) in [4.78, 5) is 16.2. The van der Waals surface area contributed by atoms with Gasteiger partial charge in [0, 0.05) is 22.3 Å². The summed E-state index contributed by atoms with van der Waals surface area (Å²) in [6.07, 6.45) is 5.31. The topological polar surface area (TPSA) is 62.9 Å². The zero-order valence-corrected chi connectivity index (χ0v) is 28.2. The highest BCUT2D eigenvalue weighted by Crippen LogP contribution is 2.64. The third-order valence-electron chi connectivity index (χ3n) is 10.9. The highest BCUT2D eigenvalue weighted by molar-refractivity contribution is 8.19. The second kappa shape index (κ2) is 11.9. The van der Waals surface area contributed by atoms with Crippen molar-refractivity contribution in [2.24, 2.45) is 27.0 Å². The van der Waals surface area contributed by atoms with Crippen molar-refractivity contribution in [2.75, 3.05) is 4.90 Å².